The first-order valence-corrected chi connectivity index (χ1v) is 10.5. The highest BCUT2D eigenvalue weighted by Gasteiger charge is 2.36. The van der Waals surface area contributed by atoms with Gasteiger partial charge in [0, 0.05) is 38.4 Å². The van der Waals surface area contributed by atoms with Gasteiger partial charge in [0.05, 0.1) is 5.60 Å². The number of likely N-dealkylation sites (N-methyl/N-ethyl adjacent to an activating group) is 2. The van der Waals surface area contributed by atoms with Gasteiger partial charge in [-0.15, -0.1) is 0 Å². The summed E-state index contributed by atoms with van der Waals surface area (Å²) in [7, 11) is 3.09. The summed E-state index contributed by atoms with van der Waals surface area (Å²) in [5.74, 6) is 0.642. The molecule has 2 atom stereocenters. The number of thioether (sulfide) groups is 1. The van der Waals surface area contributed by atoms with Crippen molar-refractivity contribution in [3.8, 4) is 0 Å². The normalized spacial score (nSPS) is 13.8. The Labute approximate surface area is 166 Å². The molecule has 0 saturated heterocycles. The standard InChI is InChI=1S/C17H33N3O4S2/c1-6-7-14(21)19(4)13(11-26-9-8-25)16(23)20(5)12(15(18)22)10-17(2,3)24/h12-13,24-25H,6-11H2,1-5H3,(H2,18,22)/t12-,13+/m0/s1. The minimum atomic E-state index is -1.16. The van der Waals surface area contributed by atoms with Gasteiger partial charge in [-0.3, -0.25) is 14.4 Å². The predicted octanol–water partition coefficient (Wildman–Crippen LogP) is 0.750. The van der Waals surface area contributed by atoms with Crippen LogP contribution >= 0.6 is 24.4 Å². The van der Waals surface area contributed by atoms with Crippen LogP contribution in [0.2, 0.25) is 0 Å². The van der Waals surface area contributed by atoms with Crippen molar-refractivity contribution in [1.82, 2.24) is 9.80 Å². The zero-order valence-corrected chi connectivity index (χ0v) is 18.1. The Balaban J connectivity index is 5.44. The van der Waals surface area contributed by atoms with Crippen LogP contribution in [0.3, 0.4) is 0 Å². The zero-order valence-electron chi connectivity index (χ0n) is 16.4. The van der Waals surface area contributed by atoms with Crippen molar-refractivity contribution in [2.75, 3.05) is 31.4 Å². The van der Waals surface area contributed by atoms with Crippen LogP contribution in [0.1, 0.15) is 40.0 Å². The number of hydrogen-bond acceptors (Lipinski definition) is 6. The molecule has 0 aromatic heterocycles. The maximum absolute atomic E-state index is 13.0. The molecule has 0 aliphatic carbocycles. The van der Waals surface area contributed by atoms with E-state index in [0.717, 1.165) is 5.75 Å². The van der Waals surface area contributed by atoms with E-state index in [0.29, 0.717) is 24.3 Å². The van der Waals surface area contributed by atoms with Gasteiger partial charge in [-0.2, -0.15) is 24.4 Å². The van der Waals surface area contributed by atoms with E-state index >= 15 is 0 Å². The first kappa shape index (κ1) is 25.1. The largest absolute Gasteiger partial charge is 0.390 e. The van der Waals surface area contributed by atoms with Gasteiger partial charge in [-0.1, -0.05) is 6.92 Å². The first-order chi connectivity index (χ1) is 12.0. The molecule has 3 amide bonds. The summed E-state index contributed by atoms with van der Waals surface area (Å²) in [4.78, 5) is 39.8. The number of rotatable bonds is 12. The fraction of sp³-hybridized carbons (Fsp3) is 0.824. The topological polar surface area (TPSA) is 104 Å². The van der Waals surface area contributed by atoms with Gasteiger partial charge in [-0.05, 0) is 26.0 Å². The van der Waals surface area contributed by atoms with E-state index in [9.17, 15) is 19.5 Å². The molecule has 0 aliphatic rings. The van der Waals surface area contributed by atoms with Gasteiger partial charge in [0.25, 0.3) is 0 Å². The van der Waals surface area contributed by atoms with Crippen LogP contribution in [-0.2, 0) is 14.4 Å². The Kier molecular flexibility index (Phi) is 11.3. The number of carbonyl (C=O) groups excluding carboxylic acids is 3. The van der Waals surface area contributed by atoms with Crippen molar-refractivity contribution in [2.45, 2.75) is 57.7 Å². The van der Waals surface area contributed by atoms with Crippen LogP contribution in [0.25, 0.3) is 0 Å². The number of thiol groups is 1. The number of carbonyl (C=O) groups is 3. The SMILES string of the molecule is CCCC(=O)N(C)[C@H](CSCCS)C(=O)N(C)[C@@H](CC(C)(C)O)C(N)=O. The minimum absolute atomic E-state index is 0.0215. The Morgan fingerprint density at radius 2 is 1.77 bits per heavy atom. The van der Waals surface area contributed by atoms with Gasteiger partial charge in [0.1, 0.15) is 12.1 Å². The van der Waals surface area contributed by atoms with Gasteiger partial charge in [-0.25, -0.2) is 0 Å². The van der Waals surface area contributed by atoms with E-state index in [4.69, 9.17) is 5.73 Å². The summed E-state index contributed by atoms with van der Waals surface area (Å²) in [5, 5.41) is 10.0. The van der Waals surface area contributed by atoms with E-state index < -0.39 is 23.6 Å². The molecule has 0 aromatic rings. The molecule has 0 bridgehead atoms. The fourth-order valence-electron chi connectivity index (χ4n) is 2.46. The summed E-state index contributed by atoms with van der Waals surface area (Å²) in [5.41, 5.74) is 4.29. The lowest BCUT2D eigenvalue weighted by molar-refractivity contribution is -0.147. The molecule has 152 valence electrons. The number of nitrogens with zero attached hydrogens (tertiary/aromatic N) is 2. The van der Waals surface area contributed by atoms with Crippen LogP contribution in [0.15, 0.2) is 0 Å². The second-order valence-electron chi connectivity index (χ2n) is 6.95. The number of amides is 3. The lowest BCUT2D eigenvalue weighted by Crippen LogP contribution is -2.56. The van der Waals surface area contributed by atoms with E-state index in [1.807, 2.05) is 6.92 Å². The number of nitrogens with two attached hydrogens (primary N) is 1. The van der Waals surface area contributed by atoms with Crippen molar-refractivity contribution >= 4 is 42.1 Å². The second kappa shape index (κ2) is 11.7. The molecule has 3 N–H and O–H groups in total. The van der Waals surface area contributed by atoms with Crippen LogP contribution in [0, 0.1) is 0 Å². The first-order valence-electron chi connectivity index (χ1n) is 8.68. The number of primary amides is 1. The molecule has 0 heterocycles. The summed E-state index contributed by atoms with van der Waals surface area (Å²) < 4.78 is 0. The highest BCUT2D eigenvalue weighted by atomic mass is 32.2. The molecular formula is C17H33N3O4S2. The fourth-order valence-corrected chi connectivity index (χ4v) is 3.74. The third-order valence-electron chi connectivity index (χ3n) is 3.96. The second-order valence-corrected chi connectivity index (χ2v) is 8.55. The molecule has 26 heavy (non-hydrogen) atoms. The zero-order chi connectivity index (χ0) is 20.5. The Morgan fingerprint density at radius 3 is 2.19 bits per heavy atom. The number of hydrogen-bond donors (Lipinski definition) is 3. The maximum atomic E-state index is 13.0. The summed E-state index contributed by atoms with van der Waals surface area (Å²) in [6, 6.07) is -1.65. The molecule has 9 heteroatoms. The maximum Gasteiger partial charge on any atom is 0.246 e. The molecule has 0 unspecified atom stereocenters. The van der Waals surface area contributed by atoms with Crippen molar-refractivity contribution in [2.24, 2.45) is 5.73 Å². The minimum Gasteiger partial charge on any atom is -0.390 e. The Hall–Kier alpha value is -0.930. The van der Waals surface area contributed by atoms with Gasteiger partial charge < -0.3 is 20.6 Å². The van der Waals surface area contributed by atoms with Crippen molar-refractivity contribution < 1.29 is 19.5 Å². The van der Waals surface area contributed by atoms with Crippen molar-refractivity contribution in [3.63, 3.8) is 0 Å². The quantitative estimate of drug-likeness (QED) is 0.327. The molecule has 0 rings (SSSR count). The molecule has 0 radical (unpaired) electrons. The number of aliphatic hydroxyl groups is 1. The lowest BCUT2D eigenvalue weighted by Gasteiger charge is -2.35. The Bertz CT molecular complexity index is 483. The molecule has 7 nitrogen and oxygen atoms in total. The molecule has 0 aliphatic heterocycles. The van der Waals surface area contributed by atoms with Crippen molar-refractivity contribution in [1.29, 1.82) is 0 Å². The molecule has 0 spiro atoms. The van der Waals surface area contributed by atoms with Gasteiger partial charge in [0.2, 0.25) is 17.7 Å². The average molecular weight is 408 g/mol. The highest BCUT2D eigenvalue weighted by molar-refractivity contribution is 8.00. The highest BCUT2D eigenvalue weighted by Crippen LogP contribution is 2.18. The summed E-state index contributed by atoms with van der Waals surface area (Å²) in [6.07, 6.45) is 1.06. The summed E-state index contributed by atoms with van der Waals surface area (Å²) >= 11 is 5.68. The smallest absolute Gasteiger partial charge is 0.246 e. The predicted molar refractivity (Wildman–Crippen MR) is 109 cm³/mol. The van der Waals surface area contributed by atoms with E-state index in [1.54, 1.807) is 20.9 Å². The van der Waals surface area contributed by atoms with Crippen molar-refractivity contribution in [3.05, 3.63) is 0 Å². The lowest BCUT2D eigenvalue weighted by atomic mass is 9.97. The molecule has 0 fully saturated rings. The monoisotopic (exact) mass is 407 g/mol. The molecule has 0 aromatic carbocycles. The van der Waals surface area contributed by atoms with Crippen LogP contribution in [0.4, 0.5) is 0 Å². The van der Waals surface area contributed by atoms with E-state index in [-0.39, 0.29) is 18.2 Å². The van der Waals surface area contributed by atoms with Crippen LogP contribution < -0.4 is 5.73 Å². The van der Waals surface area contributed by atoms with Crippen LogP contribution in [-0.4, -0.2) is 81.7 Å². The third-order valence-corrected chi connectivity index (χ3v) is 5.53. The molecular weight excluding hydrogens is 374 g/mol. The van der Waals surface area contributed by atoms with Crippen LogP contribution in [0.5, 0.6) is 0 Å². The van der Waals surface area contributed by atoms with E-state index in [2.05, 4.69) is 12.6 Å². The van der Waals surface area contributed by atoms with E-state index in [1.165, 1.54) is 28.6 Å². The molecule has 0 saturated carbocycles. The Morgan fingerprint density at radius 1 is 1.19 bits per heavy atom. The van der Waals surface area contributed by atoms with Gasteiger partial charge in [0.15, 0.2) is 0 Å². The average Bonchev–Trinajstić information content (AvgIpc) is 2.54. The van der Waals surface area contributed by atoms with Gasteiger partial charge >= 0.3 is 0 Å². The summed E-state index contributed by atoms with van der Waals surface area (Å²) in [6.45, 7) is 5.01. The third kappa shape index (κ3) is 8.64.